The minimum Gasteiger partial charge on any atom is -0.493 e. The lowest BCUT2D eigenvalue weighted by molar-refractivity contribution is 0.284. The predicted molar refractivity (Wildman–Crippen MR) is 122 cm³/mol. The van der Waals surface area contributed by atoms with Crippen molar-refractivity contribution in [1.29, 1.82) is 0 Å². The molecule has 0 atom stereocenters. The number of hydrogen-bond donors (Lipinski definition) is 1. The van der Waals surface area contributed by atoms with E-state index < -0.39 is 0 Å². The van der Waals surface area contributed by atoms with E-state index in [0.29, 0.717) is 19.1 Å². The Hall–Kier alpha value is -2.57. The van der Waals surface area contributed by atoms with Crippen LogP contribution >= 0.6 is 15.9 Å². The summed E-state index contributed by atoms with van der Waals surface area (Å²) >= 11 is 3.65. The minimum absolute atomic E-state index is 0.498. The molecular weight excluding hydrogens is 444 g/mol. The maximum Gasteiger partial charge on any atom is 0.213 e. The van der Waals surface area contributed by atoms with E-state index in [1.54, 1.807) is 13.3 Å². The fraction of sp³-hybridized carbons (Fsp3) is 0.292. The second-order valence-electron chi connectivity index (χ2n) is 6.92. The molecule has 30 heavy (non-hydrogen) atoms. The number of benzene rings is 2. The molecule has 0 spiro atoms. The molecule has 0 unspecified atom stereocenters. The van der Waals surface area contributed by atoms with Gasteiger partial charge in [-0.05, 0) is 49.2 Å². The molecule has 0 saturated carbocycles. The number of nitrogens with one attached hydrogen (secondary N) is 1. The third kappa shape index (κ3) is 6.75. The van der Waals surface area contributed by atoms with Gasteiger partial charge in [0.2, 0.25) is 5.88 Å². The van der Waals surface area contributed by atoms with E-state index in [1.165, 1.54) is 5.56 Å². The van der Waals surface area contributed by atoms with Gasteiger partial charge in [0.05, 0.1) is 13.7 Å². The first-order chi connectivity index (χ1) is 14.7. The Morgan fingerprint density at radius 2 is 1.90 bits per heavy atom. The number of pyridine rings is 1. The van der Waals surface area contributed by atoms with Crippen molar-refractivity contribution in [3.05, 3.63) is 82.0 Å². The van der Waals surface area contributed by atoms with Crippen LogP contribution in [-0.4, -0.2) is 25.2 Å². The van der Waals surface area contributed by atoms with E-state index >= 15 is 0 Å². The zero-order valence-electron chi connectivity index (χ0n) is 17.4. The highest BCUT2D eigenvalue weighted by Gasteiger charge is 2.11. The van der Waals surface area contributed by atoms with Gasteiger partial charge in [-0.1, -0.05) is 51.8 Å². The number of hydrogen-bond acceptors (Lipinski definition) is 5. The van der Waals surface area contributed by atoms with Gasteiger partial charge in [0.25, 0.3) is 0 Å². The van der Waals surface area contributed by atoms with Crippen LogP contribution in [0, 0.1) is 6.92 Å². The molecule has 0 aliphatic heterocycles. The molecule has 1 N–H and O–H groups in total. The van der Waals surface area contributed by atoms with E-state index in [4.69, 9.17) is 14.2 Å². The van der Waals surface area contributed by atoms with E-state index in [2.05, 4.69) is 51.4 Å². The van der Waals surface area contributed by atoms with Gasteiger partial charge in [-0.25, -0.2) is 4.98 Å². The van der Waals surface area contributed by atoms with Gasteiger partial charge in [0.15, 0.2) is 11.5 Å². The molecule has 0 aliphatic carbocycles. The van der Waals surface area contributed by atoms with Crippen LogP contribution < -0.4 is 19.5 Å². The van der Waals surface area contributed by atoms with E-state index in [0.717, 1.165) is 46.6 Å². The van der Waals surface area contributed by atoms with Crippen molar-refractivity contribution in [1.82, 2.24) is 10.3 Å². The summed E-state index contributed by atoms with van der Waals surface area (Å²) < 4.78 is 18.1. The Morgan fingerprint density at radius 3 is 2.67 bits per heavy atom. The zero-order valence-corrected chi connectivity index (χ0v) is 18.9. The summed E-state index contributed by atoms with van der Waals surface area (Å²) in [6.07, 6.45) is 2.62. The Morgan fingerprint density at radius 1 is 1.00 bits per heavy atom. The second kappa shape index (κ2) is 11.6. The largest absolute Gasteiger partial charge is 0.493 e. The molecule has 2 aromatic carbocycles. The highest BCUT2D eigenvalue weighted by Crippen LogP contribution is 2.34. The molecule has 1 heterocycles. The first kappa shape index (κ1) is 22.1. The van der Waals surface area contributed by atoms with Crippen LogP contribution in [0.5, 0.6) is 17.4 Å². The minimum atomic E-state index is 0.498. The summed E-state index contributed by atoms with van der Waals surface area (Å²) in [7, 11) is 1.66. The molecule has 158 valence electrons. The van der Waals surface area contributed by atoms with Crippen molar-refractivity contribution in [2.75, 3.05) is 20.3 Å². The Balaban J connectivity index is 1.48. The van der Waals surface area contributed by atoms with E-state index in [1.807, 2.05) is 36.4 Å². The highest BCUT2D eigenvalue weighted by atomic mass is 79.9. The van der Waals surface area contributed by atoms with Crippen molar-refractivity contribution in [2.45, 2.75) is 26.5 Å². The van der Waals surface area contributed by atoms with Crippen molar-refractivity contribution in [3.8, 4) is 17.4 Å². The van der Waals surface area contributed by atoms with Gasteiger partial charge in [-0.3, -0.25) is 0 Å². The van der Waals surface area contributed by atoms with Crippen LogP contribution in [0.4, 0.5) is 0 Å². The highest BCUT2D eigenvalue weighted by molar-refractivity contribution is 9.10. The van der Waals surface area contributed by atoms with Crippen LogP contribution in [0.25, 0.3) is 0 Å². The standard InChI is InChI=1S/C24H27BrN2O3/c1-18-7-5-8-19(13-18)17-30-23-15-21(25)20(14-22(23)28-2)16-26-10-6-12-29-24-9-3-4-11-27-24/h3-5,7-9,11,13-15,26H,6,10,12,16-17H2,1-2H3. The summed E-state index contributed by atoms with van der Waals surface area (Å²) in [5.41, 5.74) is 3.46. The molecule has 1 aromatic heterocycles. The smallest absolute Gasteiger partial charge is 0.213 e. The van der Waals surface area contributed by atoms with Crippen LogP contribution in [0.1, 0.15) is 23.1 Å². The topological polar surface area (TPSA) is 52.6 Å². The molecular formula is C24H27BrN2O3. The Bertz CT molecular complexity index is 935. The van der Waals surface area contributed by atoms with Crippen LogP contribution in [-0.2, 0) is 13.2 Å². The molecule has 5 nitrogen and oxygen atoms in total. The number of methoxy groups -OCH3 is 1. The molecule has 6 heteroatoms. The Kier molecular flexibility index (Phi) is 8.53. The quantitative estimate of drug-likeness (QED) is 0.385. The number of ether oxygens (including phenoxy) is 3. The number of rotatable bonds is 11. The fourth-order valence-corrected chi connectivity index (χ4v) is 3.44. The predicted octanol–water partition coefficient (Wildman–Crippen LogP) is 5.30. The monoisotopic (exact) mass is 470 g/mol. The SMILES string of the molecule is COc1cc(CNCCCOc2ccccn2)c(Br)cc1OCc1cccc(C)c1. The first-order valence-corrected chi connectivity index (χ1v) is 10.7. The zero-order chi connectivity index (χ0) is 21.2. The van der Waals surface area contributed by atoms with Crippen LogP contribution in [0.2, 0.25) is 0 Å². The summed E-state index contributed by atoms with van der Waals surface area (Å²) in [5, 5.41) is 3.44. The molecule has 0 aliphatic rings. The second-order valence-corrected chi connectivity index (χ2v) is 7.77. The first-order valence-electron chi connectivity index (χ1n) is 9.95. The molecule has 0 bridgehead atoms. The van der Waals surface area contributed by atoms with E-state index in [9.17, 15) is 0 Å². The van der Waals surface area contributed by atoms with Crippen LogP contribution in [0.15, 0.2) is 65.3 Å². The van der Waals surface area contributed by atoms with Crippen LogP contribution in [0.3, 0.4) is 0 Å². The fourth-order valence-electron chi connectivity index (χ4n) is 2.98. The summed E-state index contributed by atoms with van der Waals surface area (Å²) in [5.74, 6) is 2.10. The number of aryl methyl sites for hydroxylation is 1. The van der Waals surface area contributed by atoms with Gasteiger partial charge in [0, 0.05) is 23.3 Å². The van der Waals surface area contributed by atoms with Crippen molar-refractivity contribution < 1.29 is 14.2 Å². The third-order valence-corrected chi connectivity index (χ3v) is 5.25. The van der Waals surface area contributed by atoms with Gasteiger partial charge >= 0.3 is 0 Å². The average Bonchev–Trinajstić information content (AvgIpc) is 2.76. The summed E-state index contributed by atoms with van der Waals surface area (Å²) in [6, 6.07) is 17.9. The van der Waals surface area contributed by atoms with Gasteiger partial charge in [-0.2, -0.15) is 0 Å². The van der Waals surface area contributed by atoms with Gasteiger partial charge in [-0.15, -0.1) is 0 Å². The summed E-state index contributed by atoms with van der Waals surface area (Å²) in [4.78, 5) is 4.15. The molecule has 0 fully saturated rings. The van der Waals surface area contributed by atoms with E-state index in [-0.39, 0.29) is 0 Å². The van der Waals surface area contributed by atoms with Gasteiger partial charge in [0.1, 0.15) is 6.61 Å². The normalized spacial score (nSPS) is 10.6. The molecule has 0 radical (unpaired) electrons. The molecule has 0 saturated heterocycles. The molecule has 3 rings (SSSR count). The lowest BCUT2D eigenvalue weighted by atomic mass is 10.1. The summed E-state index contributed by atoms with van der Waals surface area (Å²) in [6.45, 7) is 4.76. The average molecular weight is 471 g/mol. The molecule has 3 aromatic rings. The third-order valence-electron chi connectivity index (χ3n) is 4.51. The lowest BCUT2D eigenvalue weighted by Crippen LogP contribution is -2.17. The van der Waals surface area contributed by atoms with Crippen molar-refractivity contribution in [2.24, 2.45) is 0 Å². The van der Waals surface area contributed by atoms with Crippen molar-refractivity contribution >= 4 is 15.9 Å². The number of nitrogens with zero attached hydrogens (tertiary/aromatic N) is 1. The molecule has 0 amide bonds. The maximum absolute atomic E-state index is 6.01. The van der Waals surface area contributed by atoms with Gasteiger partial charge < -0.3 is 19.5 Å². The number of aromatic nitrogens is 1. The van der Waals surface area contributed by atoms with Crippen molar-refractivity contribution in [3.63, 3.8) is 0 Å². The number of halogens is 1. The Labute approximate surface area is 186 Å². The lowest BCUT2D eigenvalue weighted by Gasteiger charge is -2.15. The maximum atomic E-state index is 6.01.